The standard InChI is InChI=1S/C17H26N2O4S/c1-12(2)13-7-8-15(23-4)16(10-13)24(21,22)19-9-5-6-14(11-19)17(20)18-3/h7-8,10,12,14H,5-6,9,11H2,1-4H3,(H,18,20)/t14-/m0/s1. The van der Waals surface area contributed by atoms with Crippen LogP contribution in [0.3, 0.4) is 0 Å². The molecule has 24 heavy (non-hydrogen) atoms. The lowest BCUT2D eigenvalue weighted by molar-refractivity contribution is -0.125. The third kappa shape index (κ3) is 3.72. The maximum Gasteiger partial charge on any atom is 0.246 e. The summed E-state index contributed by atoms with van der Waals surface area (Å²) in [6.45, 7) is 4.66. The highest BCUT2D eigenvalue weighted by molar-refractivity contribution is 7.89. The predicted octanol–water partition coefficient (Wildman–Crippen LogP) is 1.97. The molecule has 1 fully saturated rings. The van der Waals surface area contributed by atoms with Crippen molar-refractivity contribution >= 4 is 15.9 Å². The Morgan fingerprint density at radius 2 is 2.08 bits per heavy atom. The zero-order valence-corrected chi connectivity index (χ0v) is 15.5. The van der Waals surface area contributed by atoms with Gasteiger partial charge in [-0.2, -0.15) is 4.31 Å². The largest absolute Gasteiger partial charge is 0.495 e. The van der Waals surface area contributed by atoms with Crippen molar-refractivity contribution in [2.75, 3.05) is 27.2 Å². The molecule has 1 aromatic rings. The van der Waals surface area contributed by atoms with Crippen LogP contribution in [0.15, 0.2) is 23.1 Å². The molecule has 134 valence electrons. The van der Waals surface area contributed by atoms with Crippen LogP contribution < -0.4 is 10.1 Å². The fraction of sp³-hybridized carbons (Fsp3) is 0.588. The molecule has 1 saturated heterocycles. The van der Waals surface area contributed by atoms with Crippen molar-refractivity contribution in [2.45, 2.75) is 37.5 Å². The number of carbonyl (C=O) groups is 1. The quantitative estimate of drug-likeness (QED) is 0.877. The third-order valence-corrected chi connectivity index (χ3v) is 6.36. The molecule has 0 aromatic heterocycles. The molecule has 1 heterocycles. The van der Waals surface area contributed by atoms with Gasteiger partial charge in [-0.3, -0.25) is 4.79 Å². The number of benzene rings is 1. The van der Waals surface area contributed by atoms with E-state index in [9.17, 15) is 13.2 Å². The van der Waals surface area contributed by atoms with E-state index in [4.69, 9.17) is 4.74 Å². The SMILES string of the molecule is CNC(=O)[C@H]1CCCN(S(=O)(=O)c2cc(C(C)C)ccc2OC)C1. The van der Waals surface area contributed by atoms with Gasteiger partial charge in [-0.1, -0.05) is 19.9 Å². The highest BCUT2D eigenvalue weighted by atomic mass is 32.2. The number of sulfonamides is 1. The van der Waals surface area contributed by atoms with Crippen molar-refractivity contribution < 1.29 is 17.9 Å². The number of methoxy groups -OCH3 is 1. The second-order valence-electron chi connectivity index (χ2n) is 6.38. The second kappa shape index (κ2) is 7.53. The van der Waals surface area contributed by atoms with Crippen molar-refractivity contribution in [3.05, 3.63) is 23.8 Å². The number of piperidine rings is 1. The molecule has 2 rings (SSSR count). The van der Waals surface area contributed by atoms with Gasteiger partial charge in [0.2, 0.25) is 15.9 Å². The minimum Gasteiger partial charge on any atom is -0.495 e. The molecule has 1 N–H and O–H groups in total. The average molecular weight is 354 g/mol. The van der Waals surface area contributed by atoms with Crippen LogP contribution in [0, 0.1) is 5.92 Å². The number of hydrogen-bond acceptors (Lipinski definition) is 4. The highest BCUT2D eigenvalue weighted by Gasteiger charge is 2.34. The lowest BCUT2D eigenvalue weighted by atomic mass is 9.99. The minimum atomic E-state index is -3.71. The summed E-state index contributed by atoms with van der Waals surface area (Å²) in [5, 5.41) is 2.61. The van der Waals surface area contributed by atoms with Gasteiger partial charge >= 0.3 is 0 Å². The fourth-order valence-corrected chi connectivity index (χ4v) is 4.69. The maximum absolute atomic E-state index is 13.1. The van der Waals surface area contributed by atoms with Crippen LogP contribution in [0.25, 0.3) is 0 Å². The summed E-state index contributed by atoms with van der Waals surface area (Å²) in [5.74, 6) is 0.127. The highest BCUT2D eigenvalue weighted by Crippen LogP contribution is 2.32. The molecule has 1 aliphatic heterocycles. The third-order valence-electron chi connectivity index (χ3n) is 4.47. The van der Waals surface area contributed by atoms with Gasteiger partial charge in [0.1, 0.15) is 10.6 Å². The van der Waals surface area contributed by atoms with Gasteiger partial charge in [-0.05, 0) is 36.5 Å². The van der Waals surface area contributed by atoms with Crippen LogP contribution in [0.5, 0.6) is 5.75 Å². The topological polar surface area (TPSA) is 75.7 Å². The minimum absolute atomic E-state index is 0.113. The first kappa shape index (κ1) is 18.7. The van der Waals surface area contributed by atoms with Gasteiger partial charge in [-0.25, -0.2) is 8.42 Å². The van der Waals surface area contributed by atoms with Crippen LogP contribution in [-0.4, -0.2) is 45.9 Å². The van der Waals surface area contributed by atoms with E-state index in [0.717, 1.165) is 5.56 Å². The van der Waals surface area contributed by atoms with Crippen LogP contribution in [0.1, 0.15) is 38.2 Å². The number of rotatable bonds is 5. The Bertz CT molecular complexity index is 701. The fourth-order valence-electron chi connectivity index (χ4n) is 2.97. The molecule has 6 nitrogen and oxygen atoms in total. The lowest BCUT2D eigenvalue weighted by Gasteiger charge is -2.31. The number of amides is 1. The molecular weight excluding hydrogens is 328 g/mol. The number of carbonyl (C=O) groups excluding carboxylic acids is 1. The summed E-state index contributed by atoms with van der Waals surface area (Å²) in [7, 11) is -0.668. The average Bonchev–Trinajstić information content (AvgIpc) is 2.60. The Hall–Kier alpha value is -1.60. The Kier molecular flexibility index (Phi) is 5.87. The zero-order chi connectivity index (χ0) is 17.9. The van der Waals surface area contributed by atoms with Crippen molar-refractivity contribution in [1.29, 1.82) is 0 Å². The van der Waals surface area contributed by atoms with E-state index < -0.39 is 10.0 Å². The molecule has 0 aliphatic carbocycles. The first-order valence-electron chi connectivity index (χ1n) is 8.21. The molecule has 0 radical (unpaired) electrons. The van der Waals surface area contributed by atoms with Gasteiger partial charge in [0, 0.05) is 20.1 Å². The van der Waals surface area contributed by atoms with Crippen LogP contribution in [0.4, 0.5) is 0 Å². The summed E-state index contributed by atoms with van der Waals surface area (Å²) < 4.78 is 32.9. The molecular formula is C17H26N2O4S. The van der Waals surface area contributed by atoms with E-state index in [-0.39, 0.29) is 29.2 Å². The van der Waals surface area contributed by atoms with Gasteiger partial charge in [0.15, 0.2) is 0 Å². The summed E-state index contributed by atoms with van der Waals surface area (Å²) in [6.07, 6.45) is 1.37. The van der Waals surface area contributed by atoms with E-state index in [0.29, 0.717) is 25.1 Å². The van der Waals surface area contributed by atoms with E-state index >= 15 is 0 Å². The van der Waals surface area contributed by atoms with Gasteiger partial charge in [-0.15, -0.1) is 0 Å². The Balaban J connectivity index is 2.39. The Morgan fingerprint density at radius 1 is 1.38 bits per heavy atom. The summed E-state index contributed by atoms with van der Waals surface area (Å²) in [4.78, 5) is 12.1. The smallest absolute Gasteiger partial charge is 0.246 e. The van der Waals surface area contributed by atoms with Gasteiger partial charge < -0.3 is 10.1 Å². The maximum atomic E-state index is 13.1. The Morgan fingerprint density at radius 3 is 2.67 bits per heavy atom. The number of ether oxygens (including phenoxy) is 1. The summed E-state index contributed by atoms with van der Waals surface area (Å²) >= 11 is 0. The van der Waals surface area contributed by atoms with Crippen LogP contribution >= 0.6 is 0 Å². The van der Waals surface area contributed by atoms with E-state index in [1.54, 1.807) is 19.2 Å². The van der Waals surface area contributed by atoms with E-state index in [1.807, 2.05) is 19.9 Å². The monoisotopic (exact) mass is 354 g/mol. The molecule has 0 saturated carbocycles. The Labute approximate surface area is 144 Å². The molecule has 1 atom stereocenters. The molecule has 1 aromatic carbocycles. The van der Waals surface area contributed by atoms with Crippen LogP contribution in [-0.2, 0) is 14.8 Å². The van der Waals surface area contributed by atoms with Gasteiger partial charge in [0.05, 0.1) is 13.0 Å². The molecule has 1 aliphatic rings. The summed E-state index contributed by atoms with van der Waals surface area (Å²) in [6, 6.07) is 5.26. The normalized spacial score (nSPS) is 19.3. The first-order valence-corrected chi connectivity index (χ1v) is 9.65. The lowest BCUT2D eigenvalue weighted by Crippen LogP contribution is -2.44. The number of nitrogens with one attached hydrogen (secondary N) is 1. The van der Waals surface area contributed by atoms with Gasteiger partial charge in [0.25, 0.3) is 0 Å². The van der Waals surface area contributed by atoms with Crippen molar-refractivity contribution in [3.8, 4) is 5.75 Å². The summed E-state index contributed by atoms with van der Waals surface area (Å²) in [5.41, 5.74) is 0.939. The molecule has 7 heteroatoms. The van der Waals surface area contributed by atoms with Crippen LogP contribution in [0.2, 0.25) is 0 Å². The number of hydrogen-bond donors (Lipinski definition) is 1. The zero-order valence-electron chi connectivity index (χ0n) is 14.7. The molecule has 0 bridgehead atoms. The van der Waals surface area contributed by atoms with E-state index in [1.165, 1.54) is 11.4 Å². The number of nitrogens with zero attached hydrogens (tertiary/aromatic N) is 1. The van der Waals surface area contributed by atoms with Crippen molar-refractivity contribution in [2.24, 2.45) is 5.92 Å². The van der Waals surface area contributed by atoms with Crippen molar-refractivity contribution in [1.82, 2.24) is 9.62 Å². The molecule has 0 unspecified atom stereocenters. The van der Waals surface area contributed by atoms with Crippen molar-refractivity contribution in [3.63, 3.8) is 0 Å². The van der Waals surface area contributed by atoms with E-state index in [2.05, 4.69) is 5.32 Å². The second-order valence-corrected chi connectivity index (χ2v) is 8.29. The molecule has 0 spiro atoms. The molecule has 1 amide bonds. The first-order chi connectivity index (χ1) is 11.3. The predicted molar refractivity (Wildman–Crippen MR) is 92.6 cm³/mol.